The third-order valence-corrected chi connectivity index (χ3v) is 5.90. The largest absolute Gasteiger partial charge is 0.451 e. The molecule has 1 unspecified atom stereocenters. The van der Waals surface area contributed by atoms with Gasteiger partial charge in [-0.05, 0) is 12.8 Å². The van der Waals surface area contributed by atoms with Gasteiger partial charge in [0.05, 0.1) is 13.0 Å². The van der Waals surface area contributed by atoms with Gasteiger partial charge < -0.3 is 4.18 Å². The number of unbranched alkanes of at least 4 members (excludes halogenated alkanes) is 13. The maximum absolute atomic E-state index is 11.8. The Morgan fingerprint density at radius 3 is 1.52 bits per heavy atom. The Balaban J connectivity index is 3.53. The molecular formula is C21H42O5S. The van der Waals surface area contributed by atoms with Crippen molar-refractivity contribution in [1.82, 2.24) is 0 Å². The fourth-order valence-electron chi connectivity index (χ4n) is 3.28. The number of hydrogen-bond donors (Lipinski definition) is 0. The van der Waals surface area contributed by atoms with Crippen molar-refractivity contribution in [3.8, 4) is 0 Å². The highest BCUT2D eigenvalue weighted by Crippen LogP contribution is 2.18. The predicted octanol–water partition coefficient (Wildman–Crippen LogP) is 6.32. The molecule has 27 heavy (non-hydrogen) atoms. The van der Waals surface area contributed by atoms with Gasteiger partial charge in [-0.3, -0.25) is 4.79 Å². The van der Waals surface area contributed by atoms with Crippen molar-refractivity contribution in [2.45, 2.75) is 117 Å². The van der Waals surface area contributed by atoms with Crippen LogP contribution in [0.3, 0.4) is 0 Å². The Morgan fingerprint density at radius 2 is 1.15 bits per heavy atom. The smallest absolute Gasteiger partial charge is 0.325 e. The molecule has 5 nitrogen and oxygen atoms in total. The first kappa shape index (κ1) is 26.4. The highest BCUT2D eigenvalue weighted by Gasteiger charge is 2.23. The molecule has 0 rings (SSSR count). The van der Waals surface area contributed by atoms with Gasteiger partial charge in [-0.2, -0.15) is 8.42 Å². The van der Waals surface area contributed by atoms with Crippen LogP contribution in [0, 0.1) is 5.92 Å². The molecule has 0 amide bonds. The van der Waals surface area contributed by atoms with Gasteiger partial charge in [0.25, 0.3) is 0 Å². The number of carbonyl (C=O) groups is 1. The van der Waals surface area contributed by atoms with Crippen molar-refractivity contribution >= 4 is 16.4 Å². The Labute approximate surface area is 167 Å². The second-order valence-corrected chi connectivity index (χ2v) is 8.78. The van der Waals surface area contributed by atoms with Gasteiger partial charge in [0.15, 0.2) is 0 Å². The van der Waals surface area contributed by atoms with Crippen molar-refractivity contribution in [2.24, 2.45) is 5.92 Å². The van der Waals surface area contributed by atoms with E-state index in [-0.39, 0.29) is 5.92 Å². The molecule has 0 saturated heterocycles. The van der Waals surface area contributed by atoms with Crippen LogP contribution in [-0.2, 0) is 23.6 Å². The van der Waals surface area contributed by atoms with E-state index >= 15 is 0 Å². The summed E-state index contributed by atoms with van der Waals surface area (Å²) in [4.78, 5) is 11.8. The van der Waals surface area contributed by atoms with Gasteiger partial charge in [-0.1, -0.05) is 104 Å². The lowest BCUT2D eigenvalue weighted by Crippen LogP contribution is -2.21. The zero-order valence-corrected chi connectivity index (χ0v) is 18.7. The molecule has 0 spiro atoms. The summed E-state index contributed by atoms with van der Waals surface area (Å²) in [6.45, 7) is 4.13. The molecule has 0 aliphatic heterocycles. The minimum Gasteiger partial charge on any atom is -0.325 e. The van der Waals surface area contributed by atoms with E-state index in [1.54, 1.807) is 0 Å². The minimum absolute atomic E-state index is 0.368. The summed E-state index contributed by atoms with van der Waals surface area (Å²) in [7, 11) is -3.20. The van der Waals surface area contributed by atoms with Crippen LogP contribution in [0.15, 0.2) is 0 Å². The average molecular weight is 407 g/mol. The highest BCUT2D eigenvalue weighted by atomic mass is 32.3. The molecular weight excluding hydrogens is 364 g/mol. The van der Waals surface area contributed by atoms with Crippen molar-refractivity contribution < 1.29 is 21.6 Å². The zero-order chi connectivity index (χ0) is 20.4. The van der Waals surface area contributed by atoms with E-state index in [1.807, 2.05) is 6.92 Å². The normalized spacial score (nSPS) is 12.9. The second kappa shape index (κ2) is 17.5. The number of carbonyl (C=O) groups excluding carboxylic acids is 1. The number of hydrogen-bond acceptors (Lipinski definition) is 5. The van der Waals surface area contributed by atoms with Crippen LogP contribution >= 0.6 is 0 Å². The molecule has 0 saturated carbocycles. The Kier molecular flexibility index (Phi) is 17.1. The van der Waals surface area contributed by atoms with Crippen LogP contribution in [0.1, 0.15) is 117 Å². The third kappa shape index (κ3) is 16.1. The molecule has 0 bridgehead atoms. The maximum Gasteiger partial charge on any atom is 0.451 e. The van der Waals surface area contributed by atoms with Crippen LogP contribution < -0.4 is 0 Å². The predicted molar refractivity (Wildman–Crippen MR) is 111 cm³/mol. The topological polar surface area (TPSA) is 69.7 Å². The van der Waals surface area contributed by atoms with Gasteiger partial charge in [0, 0.05) is 0 Å². The Hall–Kier alpha value is -0.620. The van der Waals surface area contributed by atoms with Crippen LogP contribution in [0.4, 0.5) is 0 Å². The fraction of sp³-hybridized carbons (Fsp3) is 0.952. The van der Waals surface area contributed by atoms with Crippen molar-refractivity contribution in [1.29, 1.82) is 0 Å². The van der Waals surface area contributed by atoms with Gasteiger partial charge in [-0.15, -0.1) is 0 Å². The first-order chi connectivity index (χ1) is 13.0. The molecule has 1 atom stereocenters. The summed E-state index contributed by atoms with van der Waals surface area (Å²) >= 11 is 0. The van der Waals surface area contributed by atoms with Gasteiger partial charge >= 0.3 is 16.4 Å². The van der Waals surface area contributed by atoms with Crippen LogP contribution in [0.2, 0.25) is 0 Å². The van der Waals surface area contributed by atoms with E-state index in [9.17, 15) is 13.2 Å². The lowest BCUT2D eigenvalue weighted by Gasteiger charge is -2.12. The van der Waals surface area contributed by atoms with Crippen molar-refractivity contribution in [3.05, 3.63) is 0 Å². The molecule has 0 N–H and O–H groups in total. The summed E-state index contributed by atoms with van der Waals surface area (Å²) < 4.78 is 30.9. The van der Waals surface area contributed by atoms with Crippen LogP contribution in [0.5, 0.6) is 0 Å². The molecule has 0 aliphatic rings. The van der Waals surface area contributed by atoms with Crippen molar-refractivity contribution in [2.75, 3.05) is 7.11 Å². The molecule has 0 aromatic rings. The zero-order valence-electron chi connectivity index (χ0n) is 17.8. The molecule has 0 radical (unpaired) electrons. The molecule has 0 aromatic carbocycles. The quantitative estimate of drug-likeness (QED) is 0.235. The van der Waals surface area contributed by atoms with E-state index < -0.39 is 16.4 Å². The Bertz CT molecular complexity index is 447. The SMILES string of the molecule is CCCCCCCCCCCCCCCCC(CC)C(=O)OS(=O)(=O)OC. The highest BCUT2D eigenvalue weighted by molar-refractivity contribution is 7.82. The van der Waals surface area contributed by atoms with Crippen molar-refractivity contribution in [3.63, 3.8) is 0 Å². The molecule has 162 valence electrons. The Morgan fingerprint density at radius 1 is 0.741 bits per heavy atom. The maximum atomic E-state index is 11.8. The van der Waals surface area contributed by atoms with E-state index in [0.29, 0.717) is 12.8 Å². The molecule has 0 fully saturated rings. The van der Waals surface area contributed by atoms with Gasteiger partial charge in [0.2, 0.25) is 0 Å². The summed E-state index contributed by atoms with van der Waals surface area (Å²) in [5.74, 6) is -1.07. The van der Waals surface area contributed by atoms with E-state index in [0.717, 1.165) is 20.0 Å². The van der Waals surface area contributed by atoms with E-state index in [4.69, 9.17) is 0 Å². The lowest BCUT2D eigenvalue weighted by atomic mass is 9.98. The third-order valence-electron chi connectivity index (χ3n) is 5.12. The minimum atomic E-state index is -4.18. The first-order valence-corrected chi connectivity index (χ1v) is 12.3. The van der Waals surface area contributed by atoms with Crippen LogP contribution in [0.25, 0.3) is 0 Å². The second-order valence-electron chi connectivity index (χ2n) is 7.47. The van der Waals surface area contributed by atoms with Gasteiger partial charge in [-0.25, -0.2) is 4.18 Å². The van der Waals surface area contributed by atoms with Gasteiger partial charge in [0.1, 0.15) is 0 Å². The first-order valence-electron chi connectivity index (χ1n) is 11.0. The molecule has 0 aromatic heterocycles. The summed E-state index contributed by atoms with van der Waals surface area (Å²) in [6, 6.07) is 0. The summed E-state index contributed by atoms with van der Waals surface area (Å²) in [6.07, 6.45) is 19.3. The fourth-order valence-corrected chi connectivity index (χ4v) is 3.68. The lowest BCUT2D eigenvalue weighted by molar-refractivity contribution is -0.139. The average Bonchev–Trinajstić information content (AvgIpc) is 2.64. The van der Waals surface area contributed by atoms with Crippen LogP contribution in [-0.4, -0.2) is 21.5 Å². The summed E-state index contributed by atoms with van der Waals surface area (Å²) in [5, 5.41) is 0. The molecule has 0 aliphatic carbocycles. The number of rotatable bonds is 19. The van der Waals surface area contributed by atoms with E-state index in [2.05, 4.69) is 15.3 Å². The monoisotopic (exact) mass is 406 g/mol. The molecule has 6 heteroatoms. The summed E-state index contributed by atoms with van der Waals surface area (Å²) in [5.41, 5.74) is 0. The van der Waals surface area contributed by atoms with E-state index in [1.165, 1.54) is 77.0 Å². The molecule has 0 heterocycles. The standard InChI is InChI=1S/C21H42O5S/c1-4-6-7-8-9-10-11-12-13-14-15-16-17-18-19-20(5-2)21(22)26-27(23,24)25-3/h20H,4-19H2,1-3H3.